The van der Waals surface area contributed by atoms with Gasteiger partial charge in [0.05, 0.1) is 25.3 Å². The van der Waals surface area contributed by atoms with Crippen molar-refractivity contribution in [2.24, 2.45) is 5.73 Å². The van der Waals surface area contributed by atoms with E-state index in [1.807, 2.05) is 20.8 Å². The van der Waals surface area contributed by atoms with Gasteiger partial charge in [-0.05, 0) is 20.8 Å². The van der Waals surface area contributed by atoms with Crippen molar-refractivity contribution in [1.29, 1.82) is 0 Å². The minimum atomic E-state index is -0.479. The largest absolute Gasteiger partial charge is 0.444 e. The molecule has 0 spiro atoms. The molecule has 0 bridgehead atoms. The van der Waals surface area contributed by atoms with E-state index in [1.165, 1.54) is 0 Å². The molecule has 1 fully saturated rings. The van der Waals surface area contributed by atoms with Gasteiger partial charge in [-0.3, -0.25) is 0 Å². The highest BCUT2D eigenvalue weighted by molar-refractivity contribution is 5.68. The minimum absolute atomic E-state index is 0.134. The summed E-state index contributed by atoms with van der Waals surface area (Å²) >= 11 is 0. The SMILES string of the molecule is CC(C)(C)OC(=O)NC1COC[C@H]1N. The van der Waals surface area contributed by atoms with Gasteiger partial charge in [0.1, 0.15) is 5.60 Å². The summed E-state index contributed by atoms with van der Waals surface area (Å²) in [7, 11) is 0. The quantitative estimate of drug-likeness (QED) is 0.638. The molecule has 2 atom stereocenters. The highest BCUT2D eigenvalue weighted by Gasteiger charge is 2.28. The van der Waals surface area contributed by atoms with Gasteiger partial charge in [-0.1, -0.05) is 0 Å². The van der Waals surface area contributed by atoms with Gasteiger partial charge >= 0.3 is 6.09 Å². The molecule has 14 heavy (non-hydrogen) atoms. The van der Waals surface area contributed by atoms with Gasteiger partial charge in [-0.2, -0.15) is 0 Å². The Kier molecular flexibility index (Phi) is 3.34. The molecule has 1 saturated heterocycles. The zero-order valence-corrected chi connectivity index (χ0v) is 8.87. The second-order valence-corrected chi connectivity index (χ2v) is 4.45. The van der Waals surface area contributed by atoms with Crippen molar-refractivity contribution in [1.82, 2.24) is 5.32 Å². The molecule has 1 heterocycles. The Morgan fingerprint density at radius 2 is 2.14 bits per heavy atom. The predicted octanol–water partition coefficient (Wildman–Crippen LogP) is 0.237. The van der Waals surface area contributed by atoms with E-state index in [0.29, 0.717) is 13.2 Å². The van der Waals surface area contributed by atoms with Crippen LogP contribution in [0.1, 0.15) is 20.8 Å². The summed E-state index contributed by atoms with van der Waals surface area (Å²) in [5.74, 6) is 0. The third-order valence-corrected chi connectivity index (χ3v) is 1.83. The molecule has 0 aromatic carbocycles. The third kappa shape index (κ3) is 3.51. The first-order valence-electron chi connectivity index (χ1n) is 4.71. The van der Waals surface area contributed by atoms with Crippen LogP contribution in [0.15, 0.2) is 0 Å². The lowest BCUT2D eigenvalue weighted by atomic mass is 10.2. The Labute approximate surface area is 83.9 Å². The lowest BCUT2D eigenvalue weighted by Crippen LogP contribution is -2.48. The van der Waals surface area contributed by atoms with Crippen molar-refractivity contribution >= 4 is 6.09 Å². The van der Waals surface area contributed by atoms with Gasteiger partial charge in [-0.25, -0.2) is 4.79 Å². The van der Waals surface area contributed by atoms with Crippen LogP contribution in [0.4, 0.5) is 4.79 Å². The first-order valence-corrected chi connectivity index (χ1v) is 4.71. The van der Waals surface area contributed by atoms with Gasteiger partial charge < -0.3 is 20.5 Å². The van der Waals surface area contributed by atoms with Crippen molar-refractivity contribution in [2.45, 2.75) is 38.5 Å². The number of carbonyl (C=O) groups excluding carboxylic acids is 1. The van der Waals surface area contributed by atoms with Crippen molar-refractivity contribution in [2.75, 3.05) is 13.2 Å². The van der Waals surface area contributed by atoms with Gasteiger partial charge in [0.15, 0.2) is 0 Å². The molecule has 1 amide bonds. The van der Waals surface area contributed by atoms with E-state index in [0.717, 1.165) is 0 Å². The van der Waals surface area contributed by atoms with Crippen LogP contribution in [0.2, 0.25) is 0 Å². The molecule has 5 nitrogen and oxygen atoms in total. The Morgan fingerprint density at radius 3 is 2.57 bits per heavy atom. The van der Waals surface area contributed by atoms with Crippen LogP contribution >= 0.6 is 0 Å². The second kappa shape index (κ2) is 4.14. The number of hydrogen-bond acceptors (Lipinski definition) is 4. The van der Waals surface area contributed by atoms with E-state index < -0.39 is 11.7 Å². The molecule has 0 radical (unpaired) electrons. The summed E-state index contributed by atoms with van der Waals surface area (Å²) in [5.41, 5.74) is 5.22. The molecule has 0 saturated carbocycles. The number of hydrogen-bond donors (Lipinski definition) is 2. The van der Waals surface area contributed by atoms with Gasteiger partial charge in [-0.15, -0.1) is 0 Å². The predicted molar refractivity (Wildman–Crippen MR) is 52.0 cm³/mol. The highest BCUT2D eigenvalue weighted by atomic mass is 16.6. The van der Waals surface area contributed by atoms with Gasteiger partial charge in [0, 0.05) is 0 Å². The summed E-state index contributed by atoms with van der Waals surface area (Å²) in [6.07, 6.45) is -0.441. The number of nitrogens with two attached hydrogens (primary N) is 1. The Bertz CT molecular complexity index is 213. The van der Waals surface area contributed by atoms with E-state index in [2.05, 4.69) is 5.32 Å². The lowest BCUT2D eigenvalue weighted by Gasteiger charge is -2.22. The van der Waals surface area contributed by atoms with E-state index in [-0.39, 0.29) is 12.1 Å². The van der Waals surface area contributed by atoms with Crippen molar-refractivity contribution in [3.63, 3.8) is 0 Å². The van der Waals surface area contributed by atoms with Crippen LogP contribution in [-0.4, -0.2) is 37.0 Å². The number of amides is 1. The molecule has 0 aromatic heterocycles. The summed E-state index contributed by atoms with van der Waals surface area (Å²) in [5, 5.41) is 2.67. The van der Waals surface area contributed by atoms with Crippen LogP contribution in [0, 0.1) is 0 Å². The summed E-state index contributed by atoms with van der Waals surface area (Å²) in [6.45, 7) is 6.40. The molecule has 1 unspecified atom stereocenters. The standard InChI is InChI=1S/C9H18N2O3/c1-9(2,3)14-8(12)11-7-5-13-4-6(7)10/h6-7H,4-5,10H2,1-3H3,(H,11,12)/t6-,7?/m1/s1. The average molecular weight is 202 g/mol. The summed E-state index contributed by atoms with van der Waals surface area (Å²) in [4.78, 5) is 11.3. The van der Waals surface area contributed by atoms with Crippen LogP contribution < -0.4 is 11.1 Å². The lowest BCUT2D eigenvalue weighted by molar-refractivity contribution is 0.0496. The van der Waals surface area contributed by atoms with Crippen LogP contribution in [0.5, 0.6) is 0 Å². The van der Waals surface area contributed by atoms with Crippen LogP contribution in [-0.2, 0) is 9.47 Å². The monoisotopic (exact) mass is 202 g/mol. The minimum Gasteiger partial charge on any atom is -0.444 e. The third-order valence-electron chi connectivity index (χ3n) is 1.83. The molecule has 3 N–H and O–H groups in total. The molecule has 0 aromatic rings. The van der Waals surface area contributed by atoms with Crippen LogP contribution in [0.3, 0.4) is 0 Å². The highest BCUT2D eigenvalue weighted by Crippen LogP contribution is 2.08. The van der Waals surface area contributed by atoms with E-state index in [9.17, 15) is 4.79 Å². The number of rotatable bonds is 1. The van der Waals surface area contributed by atoms with E-state index in [4.69, 9.17) is 15.2 Å². The maximum Gasteiger partial charge on any atom is 0.408 e. The van der Waals surface area contributed by atoms with Crippen molar-refractivity contribution in [3.8, 4) is 0 Å². The topological polar surface area (TPSA) is 73.6 Å². The summed E-state index contributed by atoms with van der Waals surface area (Å²) < 4.78 is 10.2. The molecule has 5 heteroatoms. The first kappa shape index (κ1) is 11.3. The van der Waals surface area contributed by atoms with E-state index >= 15 is 0 Å². The molecule has 1 aliphatic rings. The maximum atomic E-state index is 11.3. The number of ether oxygens (including phenoxy) is 2. The van der Waals surface area contributed by atoms with Gasteiger partial charge in [0.25, 0.3) is 0 Å². The zero-order valence-electron chi connectivity index (χ0n) is 8.87. The molecule has 82 valence electrons. The molecule has 1 rings (SSSR count). The van der Waals surface area contributed by atoms with Gasteiger partial charge in [0.2, 0.25) is 0 Å². The fraction of sp³-hybridized carbons (Fsp3) is 0.889. The second-order valence-electron chi connectivity index (χ2n) is 4.45. The fourth-order valence-electron chi connectivity index (χ4n) is 1.18. The normalized spacial score (nSPS) is 27.4. The summed E-state index contributed by atoms with van der Waals surface area (Å²) in [6, 6.07) is -0.271. The average Bonchev–Trinajstić information content (AvgIpc) is 2.32. The number of carbonyl (C=O) groups is 1. The smallest absolute Gasteiger partial charge is 0.408 e. The zero-order chi connectivity index (χ0) is 10.8. The molecule has 0 aliphatic carbocycles. The number of nitrogens with one attached hydrogen (secondary N) is 1. The van der Waals surface area contributed by atoms with Crippen molar-refractivity contribution in [3.05, 3.63) is 0 Å². The molecular weight excluding hydrogens is 184 g/mol. The molecular formula is C9H18N2O3. The van der Waals surface area contributed by atoms with E-state index in [1.54, 1.807) is 0 Å². The Morgan fingerprint density at radius 1 is 1.50 bits per heavy atom. The fourth-order valence-corrected chi connectivity index (χ4v) is 1.18. The van der Waals surface area contributed by atoms with Crippen LogP contribution in [0.25, 0.3) is 0 Å². The number of alkyl carbamates (subject to hydrolysis) is 1. The first-order chi connectivity index (χ1) is 6.38. The van der Waals surface area contributed by atoms with Crippen molar-refractivity contribution < 1.29 is 14.3 Å². The molecule has 1 aliphatic heterocycles. The Hall–Kier alpha value is -0.810. The maximum absolute atomic E-state index is 11.3. The Balaban J connectivity index is 2.33.